The smallest absolute Gasteiger partial charge is 0.322 e. The first-order chi connectivity index (χ1) is 9.45. The summed E-state index contributed by atoms with van der Waals surface area (Å²) in [6, 6.07) is 5.02. The molecule has 1 atom stereocenters. The predicted octanol–water partition coefficient (Wildman–Crippen LogP) is 2.55. The van der Waals surface area contributed by atoms with Gasteiger partial charge >= 0.3 is 6.18 Å². The number of hydrogen-bond acceptors (Lipinski definition) is 2. The van der Waals surface area contributed by atoms with Crippen molar-refractivity contribution in [3.8, 4) is 0 Å². The third-order valence-electron chi connectivity index (χ3n) is 3.78. The minimum absolute atomic E-state index is 0.0156. The van der Waals surface area contributed by atoms with E-state index >= 15 is 0 Å². The van der Waals surface area contributed by atoms with Crippen molar-refractivity contribution in [2.75, 3.05) is 13.1 Å². The molecule has 1 aromatic carbocycles. The van der Waals surface area contributed by atoms with Crippen molar-refractivity contribution in [3.05, 3.63) is 35.4 Å². The second-order valence-electron chi connectivity index (χ2n) is 5.39. The number of carbonyl (C=O) groups excluding carboxylic acids is 1. The average Bonchev–Trinajstić information content (AvgIpc) is 3.14. The van der Waals surface area contributed by atoms with E-state index in [9.17, 15) is 18.0 Å². The van der Waals surface area contributed by atoms with Crippen LogP contribution < -0.4 is 5.32 Å². The van der Waals surface area contributed by atoms with Gasteiger partial charge in [0.2, 0.25) is 5.91 Å². The van der Waals surface area contributed by atoms with Crippen molar-refractivity contribution in [2.45, 2.75) is 25.2 Å². The second kappa shape index (κ2) is 4.77. The van der Waals surface area contributed by atoms with E-state index in [0.29, 0.717) is 18.0 Å². The van der Waals surface area contributed by atoms with Gasteiger partial charge in [-0.3, -0.25) is 10.1 Å². The van der Waals surface area contributed by atoms with Gasteiger partial charge in [0, 0.05) is 6.54 Å². The van der Waals surface area contributed by atoms with Gasteiger partial charge in [-0.05, 0) is 36.5 Å². The number of carbonyl (C=O) groups is 1. The molecule has 0 bridgehead atoms. The molecule has 1 aliphatic heterocycles. The first kappa shape index (κ1) is 13.4. The first-order valence-corrected chi connectivity index (χ1v) is 6.65. The van der Waals surface area contributed by atoms with Crippen LogP contribution in [0.25, 0.3) is 0 Å². The van der Waals surface area contributed by atoms with E-state index in [1.54, 1.807) is 4.90 Å². The maximum absolute atomic E-state index is 12.5. The summed E-state index contributed by atoms with van der Waals surface area (Å²) < 4.78 is 37.6. The molecule has 1 unspecified atom stereocenters. The molecule has 2 aliphatic rings. The molecular formula is C14H15F3N2O. The van der Waals surface area contributed by atoms with Crippen LogP contribution in [0.15, 0.2) is 24.3 Å². The van der Waals surface area contributed by atoms with Crippen LogP contribution in [0.3, 0.4) is 0 Å². The maximum Gasteiger partial charge on any atom is 0.416 e. The third kappa shape index (κ3) is 2.65. The van der Waals surface area contributed by atoms with Gasteiger partial charge in [-0.2, -0.15) is 13.2 Å². The lowest BCUT2D eigenvalue weighted by atomic mass is 10.1. The number of halogens is 3. The molecule has 1 aromatic rings. The predicted molar refractivity (Wildman–Crippen MR) is 66.6 cm³/mol. The van der Waals surface area contributed by atoms with Gasteiger partial charge in [-0.1, -0.05) is 12.1 Å². The number of benzene rings is 1. The zero-order valence-corrected chi connectivity index (χ0v) is 10.8. The summed E-state index contributed by atoms with van der Waals surface area (Å²) in [6.45, 7) is 0.940. The lowest BCUT2D eigenvalue weighted by Gasteiger charge is -2.25. The van der Waals surface area contributed by atoms with E-state index in [-0.39, 0.29) is 18.6 Å². The Balaban J connectivity index is 1.78. The Kier molecular flexibility index (Phi) is 3.20. The molecule has 1 heterocycles. The minimum atomic E-state index is -4.33. The number of rotatable bonds is 3. The van der Waals surface area contributed by atoms with E-state index in [4.69, 9.17) is 0 Å². The number of nitrogens with zero attached hydrogens (tertiary/aromatic N) is 1. The molecule has 2 fully saturated rings. The molecule has 20 heavy (non-hydrogen) atoms. The molecule has 1 N–H and O–H groups in total. The van der Waals surface area contributed by atoms with Gasteiger partial charge in [-0.15, -0.1) is 0 Å². The van der Waals surface area contributed by atoms with Crippen molar-refractivity contribution >= 4 is 5.91 Å². The van der Waals surface area contributed by atoms with E-state index in [1.165, 1.54) is 12.1 Å². The number of hydrogen-bond donors (Lipinski definition) is 1. The molecule has 6 heteroatoms. The lowest BCUT2D eigenvalue weighted by molar-refractivity contribution is -0.137. The normalized spacial score (nSPS) is 23.4. The highest BCUT2D eigenvalue weighted by molar-refractivity contribution is 5.81. The summed E-state index contributed by atoms with van der Waals surface area (Å²) in [5.41, 5.74) is 0.0313. The minimum Gasteiger partial charge on any atom is -0.322 e. The summed E-state index contributed by atoms with van der Waals surface area (Å²) in [7, 11) is 0. The maximum atomic E-state index is 12.5. The standard InChI is InChI=1S/C14H15F3N2O/c15-14(16,17)11-5-3-10(4-6-11)13-18-7-12(20)19(13)8-9-1-2-9/h3-6,9,13,18H,1-2,7-8H2. The largest absolute Gasteiger partial charge is 0.416 e. The highest BCUT2D eigenvalue weighted by Gasteiger charge is 2.36. The van der Waals surface area contributed by atoms with Gasteiger partial charge in [0.15, 0.2) is 0 Å². The van der Waals surface area contributed by atoms with Crippen molar-refractivity contribution in [3.63, 3.8) is 0 Å². The number of alkyl halides is 3. The monoisotopic (exact) mass is 284 g/mol. The zero-order valence-electron chi connectivity index (χ0n) is 10.8. The summed E-state index contributed by atoms with van der Waals surface area (Å²) in [4.78, 5) is 13.6. The van der Waals surface area contributed by atoms with E-state index in [1.807, 2.05) is 0 Å². The van der Waals surface area contributed by atoms with E-state index < -0.39 is 11.7 Å². The SMILES string of the molecule is O=C1CNC(c2ccc(C(F)(F)F)cc2)N1CC1CC1. The van der Waals surface area contributed by atoms with Crippen molar-refractivity contribution in [1.29, 1.82) is 0 Å². The van der Waals surface area contributed by atoms with Crippen molar-refractivity contribution in [2.24, 2.45) is 5.92 Å². The van der Waals surface area contributed by atoms with Gasteiger partial charge in [-0.25, -0.2) is 0 Å². The van der Waals surface area contributed by atoms with Gasteiger partial charge in [0.1, 0.15) is 6.17 Å². The van der Waals surface area contributed by atoms with E-state index in [0.717, 1.165) is 25.0 Å². The molecule has 1 saturated carbocycles. The van der Waals surface area contributed by atoms with Crippen LogP contribution in [0, 0.1) is 5.92 Å². The van der Waals surface area contributed by atoms with Crippen LogP contribution in [-0.2, 0) is 11.0 Å². The highest BCUT2D eigenvalue weighted by Crippen LogP contribution is 2.34. The highest BCUT2D eigenvalue weighted by atomic mass is 19.4. The Morgan fingerprint density at radius 1 is 1.20 bits per heavy atom. The number of amides is 1. The summed E-state index contributed by atoms with van der Waals surface area (Å²) in [5.74, 6) is 0.567. The molecule has 3 rings (SSSR count). The van der Waals surface area contributed by atoms with Gasteiger partial charge in [0.25, 0.3) is 0 Å². The Morgan fingerprint density at radius 2 is 1.85 bits per heavy atom. The number of nitrogens with one attached hydrogen (secondary N) is 1. The zero-order chi connectivity index (χ0) is 14.3. The summed E-state index contributed by atoms with van der Waals surface area (Å²) >= 11 is 0. The summed E-state index contributed by atoms with van der Waals surface area (Å²) in [6.07, 6.45) is -2.37. The fourth-order valence-electron chi connectivity index (χ4n) is 2.48. The molecule has 0 spiro atoms. The molecule has 0 aromatic heterocycles. The Morgan fingerprint density at radius 3 is 2.40 bits per heavy atom. The molecular weight excluding hydrogens is 269 g/mol. The molecule has 3 nitrogen and oxygen atoms in total. The topological polar surface area (TPSA) is 32.3 Å². The van der Waals surface area contributed by atoms with E-state index in [2.05, 4.69) is 5.32 Å². The molecule has 108 valence electrons. The van der Waals surface area contributed by atoms with Crippen LogP contribution in [0.4, 0.5) is 13.2 Å². The quantitative estimate of drug-likeness (QED) is 0.925. The first-order valence-electron chi connectivity index (χ1n) is 6.65. The van der Waals surface area contributed by atoms with Crippen LogP contribution in [0.1, 0.15) is 30.1 Å². The average molecular weight is 284 g/mol. The van der Waals surface area contributed by atoms with Crippen molar-refractivity contribution in [1.82, 2.24) is 10.2 Å². The molecule has 1 saturated heterocycles. The fraction of sp³-hybridized carbons (Fsp3) is 0.500. The Hall–Kier alpha value is -1.56. The molecule has 0 radical (unpaired) electrons. The van der Waals surface area contributed by atoms with Crippen LogP contribution >= 0.6 is 0 Å². The van der Waals surface area contributed by atoms with Crippen LogP contribution in [-0.4, -0.2) is 23.9 Å². The van der Waals surface area contributed by atoms with Crippen LogP contribution in [0.2, 0.25) is 0 Å². The Labute approximate surface area is 114 Å². The summed E-state index contributed by atoms with van der Waals surface area (Å²) in [5, 5.41) is 3.06. The fourth-order valence-corrected chi connectivity index (χ4v) is 2.48. The molecule has 1 aliphatic carbocycles. The third-order valence-corrected chi connectivity index (χ3v) is 3.78. The second-order valence-corrected chi connectivity index (χ2v) is 5.39. The van der Waals surface area contributed by atoms with Gasteiger partial charge < -0.3 is 4.90 Å². The molecule has 1 amide bonds. The van der Waals surface area contributed by atoms with Crippen LogP contribution in [0.5, 0.6) is 0 Å². The van der Waals surface area contributed by atoms with Crippen molar-refractivity contribution < 1.29 is 18.0 Å². The lowest BCUT2D eigenvalue weighted by Crippen LogP contribution is -2.32. The Bertz CT molecular complexity index is 508. The van der Waals surface area contributed by atoms with Gasteiger partial charge in [0.05, 0.1) is 12.1 Å².